The zero-order valence-electron chi connectivity index (χ0n) is 8.72. The molecule has 1 aromatic rings. The van der Waals surface area contributed by atoms with E-state index in [2.05, 4.69) is 0 Å². The minimum Gasteiger partial charge on any atom is -0.507 e. The summed E-state index contributed by atoms with van der Waals surface area (Å²) in [6, 6.07) is 5.00. The second-order valence-electron chi connectivity index (χ2n) is 4.17. The summed E-state index contributed by atoms with van der Waals surface area (Å²) in [6.07, 6.45) is 1.99. The summed E-state index contributed by atoms with van der Waals surface area (Å²) in [5.41, 5.74) is 6.32. The van der Waals surface area contributed by atoms with E-state index in [-0.39, 0.29) is 23.5 Å². The SMILES string of the molecule is NC(=O)C1CC(c2cccc(O)c2C=O)C1. The fourth-order valence-corrected chi connectivity index (χ4v) is 2.16. The quantitative estimate of drug-likeness (QED) is 0.749. The average molecular weight is 219 g/mol. The van der Waals surface area contributed by atoms with Gasteiger partial charge in [0.05, 0.1) is 5.56 Å². The van der Waals surface area contributed by atoms with E-state index in [0.29, 0.717) is 24.7 Å². The van der Waals surface area contributed by atoms with Gasteiger partial charge >= 0.3 is 0 Å². The number of benzene rings is 1. The van der Waals surface area contributed by atoms with E-state index >= 15 is 0 Å². The molecule has 0 bridgehead atoms. The van der Waals surface area contributed by atoms with Crippen LogP contribution in [0, 0.1) is 5.92 Å². The average Bonchev–Trinajstić information content (AvgIpc) is 2.15. The number of carbonyl (C=O) groups is 2. The third-order valence-electron chi connectivity index (χ3n) is 3.21. The lowest BCUT2D eigenvalue weighted by Crippen LogP contribution is -2.34. The molecule has 16 heavy (non-hydrogen) atoms. The summed E-state index contributed by atoms with van der Waals surface area (Å²) in [6.45, 7) is 0. The molecule has 2 rings (SSSR count). The van der Waals surface area contributed by atoms with Crippen LogP contribution in [-0.4, -0.2) is 17.3 Å². The molecule has 84 valence electrons. The highest BCUT2D eigenvalue weighted by atomic mass is 16.3. The maximum absolute atomic E-state index is 10.9. The lowest BCUT2D eigenvalue weighted by atomic mass is 9.70. The van der Waals surface area contributed by atoms with E-state index in [1.54, 1.807) is 6.07 Å². The first-order chi connectivity index (χ1) is 7.63. The largest absolute Gasteiger partial charge is 0.507 e. The molecule has 0 spiro atoms. The molecule has 0 aliphatic heterocycles. The molecule has 0 heterocycles. The van der Waals surface area contributed by atoms with Gasteiger partial charge in [0.2, 0.25) is 5.91 Å². The Labute approximate surface area is 93.1 Å². The molecule has 1 aliphatic rings. The van der Waals surface area contributed by atoms with Gasteiger partial charge in [0.15, 0.2) is 6.29 Å². The zero-order chi connectivity index (χ0) is 11.7. The van der Waals surface area contributed by atoms with Crippen molar-refractivity contribution in [2.45, 2.75) is 18.8 Å². The second-order valence-corrected chi connectivity index (χ2v) is 4.17. The van der Waals surface area contributed by atoms with Gasteiger partial charge in [-0.25, -0.2) is 0 Å². The van der Waals surface area contributed by atoms with Crippen molar-refractivity contribution in [2.75, 3.05) is 0 Å². The van der Waals surface area contributed by atoms with Crippen LogP contribution >= 0.6 is 0 Å². The summed E-state index contributed by atoms with van der Waals surface area (Å²) in [4.78, 5) is 21.7. The lowest BCUT2D eigenvalue weighted by molar-refractivity contribution is -0.124. The number of carbonyl (C=O) groups excluding carboxylic acids is 2. The molecule has 1 aliphatic carbocycles. The van der Waals surface area contributed by atoms with Gasteiger partial charge in [-0.1, -0.05) is 12.1 Å². The zero-order valence-corrected chi connectivity index (χ0v) is 8.72. The number of hydrogen-bond donors (Lipinski definition) is 2. The molecule has 1 aromatic carbocycles. The predicted octanol–water partition coefficient (Wildman–Crippen LogP) is 1.18. The Balaban J connectivity index is 2.20. The maximum atomic E-state index is 10.9. The molecule has 1 saturated carbocycles. The molecule has 1 amide bonds. The molecule has 0 atom stereocenters. The predicted molar refractivity (Wildman–Crippen MR) is 58.2 cm³/mol. The van der Waals surface area contributed by atoms with Gasteiger partial charge in [0.1, 0.15) is 5.75 Å². The second kappa shape index (κ2) is 3.96. The Morgan fingerprint density at radius 3 is 2.69 bits per heavy atom. The van der Waals surface area contributed by atoms with Crippen LogP contribution < -0.4 is 5.73 Å². The minimum atomic E-state index is -0.288. The highest BCUT2D eigenvalue weighted by Crippen LogP contribution is 2.43. The van der Waals surface area contributed by atoms with Crippen LogP contribution in [0.1, 0.15) is 34.7 Å². The Kier molecular flexibility index (Phi) is 2.64. The fourth-order valence-electron chi connectivity index (χ4n) is 2.16. The van der Waals surface area contributed by atoms with Crippen molar-refractivity contribution in [1.29, 1.82) is 0 Å². The fraction of sp³-hybridized carbons (Fsp3) is 0.333. The van der Waals surface area contributed by atoms with Crippen molar-refractivity contribution in [3.8, 4) is 5.75 Å². The van der Waals surface area contributed by atoms with Crippen LogP contribution in [0.5, 0.6) is 5.75 Å². The number of hydrogen-bond acceptors (Lipinski definition) is 3. The maximum Gasteiger partial charge on any atom is 0.220 e. The molecule has 4 nitrogen and oxygen atoms in total. The number of phenolic OH excluding ortho intramolecular Hbond substituents is 1. The van der Waals surface area contributed by atoms with Gasteiger partial charge in [0.25, 0.3) is 0 Å². The first kappa shape index (κ1) is 10.7. The van der Waals surface area contributed by atoms with Crippen LogP contribution in [0.2, 0.25) is 0 Å². The molecular formula is C12H13NO3. The van der Waals surface area contributed by atoms with Crippen molar-refractivity contribution >= 4 is 12.2 Å². The minimum absolute atomic E-state index is 0.00461. The molecule has 0 unspecified atom stereocenters. The van der Waals surface area contributed by atoms with Crippen LogP contribution in [0.3, 0.4) is 0 Å². The highest BCUT2D eigenvalue weighted by molar-refractivity contribution is 5.83. The first-order valence-electron chi connectivity index (χ1n) is 5.20. The number of phenols is 1. The molecule has 0 saturated heterocycles. The van der Waals surface area contributed by atoms with E-state index in [9.17, 15) is 14.7 Å². The number of aromatic hydroxyl groups is 1. The molecule has 0 radical (unpaired) electrons. The van der Waals surface area contributed by atoms with Crippen molar-refractivity contribution in [3.05, 3.63) is 29.3 Å². The normalized spacial score (nSPS) is 23.5. The van der Waals surface area contributed by atoms with Crippen molar-refractivity contribution < 1.29 is 14.7 Å². The molecule has 0 aromatic heterocycles. The summed E-state index contributed by atoms with van der Waals surface area (Å²) < 4.78 is 0. The summed E-state index contributed by atoms with van der Waals surface area (Å²) in [7, 11) is 0. The van der Waals surface area contributed by atoms with Gasteiger partial charge in [-0.05, 0) is 30.4 Å². The van der Waals surface area contributed by atoms with Gasteiger partial charge in [0, 0.05) is 5.92 Å². The Hall–Kier alpha value is -1.84. The monoisotopic (exact) mass is 219 g/mol. The summed E-state index contributed by atoms with van der Waals surface area (Å²) in [5, 5.41) is 9.51. The van der Waals surface area contributed by atoms with Crippen LogP contribution in [0.4, 0.5) is 0 Å². The summed E-state index contributed by atoms with van der Waals surface area (Å²) in [5.74, 6) is -0.226. The molecule has 1 fully saturated rings. The number of amides is 1. The van der Waals surface area contributed by atoms with Crippen molar-refractivity contribution in [2.24, 2.45) is 11.7 Å². The van der Waals surface area contributed by atoms with Gasteiger partial charge in [-0.15, -0.1) is 0 Å². The van der Waals surface area contributed by atoms with Crippen LogP contribution in [-0.2, 0) is 4.79 Å². The van der Waals surface area contributed by atoms with Gasteiger partial charge < -0.3 is 10.8 Å². The Morgan fingerprint density at radius 1 is 1.44 bits per heavy atom. The number of nitrogens with two attached hydrogens (primary N) is 1. The lowest BCUT2D eigenvalue weighted by Gasteiger charge is -2.34. The third kappa shape index (κ3) is 1.66. The van der Waals surface area contributed by atoms with Crippen LogP contribution in [0.25, 0.3) is 0 Å². The van der Waals surface area contributed by atoms with Crippen molar-refractivity contribution in [3.63, 3.8) is 0 Å². The van der Waals surface area contributed by atoms with Crippen molar-refractivity contribution in [1.82, 2.24) is 0 Å². The number of aldehydes is 1. The first-order valence-corrected chi connectivity index (χ1v) is 5.20. The Bertz CT molecular complexity index is 436. The Morgan fingerprint density at radius 2 is 2.12 bits per heavy atom. The number of primary amides is 1. The van der Waals surface area contributed by atoms with Crippen LogP contribution in [0.15, 0.2) is 18.2 Å². The van der Waals surface area contributed by atoms with E-state index in [1.807, 2.05) is 6.07 Å². The van der Waals surface area contributed by atoms with E-state index < -0.39 is 0 Å². The number of rotatable bonds is 3. The van der Waals surface area contributed by atoms with Gasteiger partial charge in [-0.2, -0.15) is 0 Å². The third-order valence-corrected chi connectivity index (χ3v) is 3.21. The topological polar surface area (TPSA) is 80.4 Å². The highest BCUT2D eigenvalue weighted by Gasteiger charge is 2.35. The van der Waals surface area contributed by atoms with E-state index in [4.69, 9.17) is 5.73 Å². The van der Waals surface area contributed by atoms with E-state index in [1.165, 1.54) is 6.07 Å². The summed E-state index contributed by atoms with van der Waals surface area (Å²) >= 11 is 0. The standard InChI is InChI=1S/C12H13NO3/c13-12(16)8-4-7(5-8)9-2-1-3-11(15)10(9)6-14/h1-3,6-8,15H,4-5H2,(H2,13,16). The van der Waals surface area contributed by atoms with Gasteiger partial charge in [-0.3, -0.25) is 9.59 Å². The van der Waals surface area contributed by atoms with E-state index in [0.717, 1.165) is 5.56 Å². The molecule has 3 N–H and O–H groups in total. The molecular weight excluding hydrogens is 206 g/mol. The smallest absolute Gasteiger partial charge is 0.220 e. The molecule has 4 heteroatoms.